The van der Waals surface area contributed by atoms with E-state index in [1.165, 1.54) is 10.9 Å². The van der Waals surface area contributed by atoms with E-state index in [1.54, 1.807) is 7.05 Å². The zero-order valence-corrected chi connectivity index (χ0v) is 12.3. The van der Waals surface area contributed by atoms with E-state index in [-0.39, 0.29) is 5.91 Å². The number of hydrogen-bond acceptors (Lipinski definition) is 4. The van der Waals surface area contributed by atoms with Gasteiger partial charge in [0.2, 0.25) is 0 Å². The van der Waals surface area contributed by atoms with Gasteiger partial charge >= 0.3 is 0 Å². The van der Waals surface area contributed by atoms with Crippen molar-refractivity contribution in [2.45, 2.75) is 32.7 Å². The van der Waals surface area contributed by atoms with Crippen molar-refractivity contribution in [3.63, 3.8) is 0 Å². The Hall–Kier alpha value is -1.56. The second kappa shape index (κ2) is 7.13. The van der Waals surface area contributed by atoms with Crippen LogP contribution in [0, 0.1) is 0 Å². The van der Waals surface area contributed by atoms with E-state index in [0.717, 1.165) is 19.4 Å². The molecule has 0 aliphatic carbocycles. The van der Waals surface area contributed by atoms with Crippen LogP contribution in [0.2, 0.25) is 0 Å². The summed E-state index contributed by atoms with van der Waals surface area (Å²) < 4.78 is 1.49. The van der Waals surface area contributed by atoms with Gasteiger partial charge in [-0.05, 0) is 40.3 Å². The fourth-order valence-corrected chi connectivity index (χ4v) is 1.66. The highest BCUT2D eigenvalue weighted by Gasteiger charge is 2.12. The van der Waals surface area contributed by atoms with Crippen molar-refractivity contribution in [1.29, 1.82) is 0 Å². The van der Waals surface area contributed by atoms with Gasteiger partial charge in [0.15, 0.2) is 0 Å². The normalized spacial score (nSPS) is 11.3. The number of rotatable bonds is 7. The molecular weight excluding hydrogens is 242 g/mol. The van der Waals surface area contributed by atoms with Crippen LogP contribution in [0.5, 0.6) is 0 Å². The minimum Gasteiger partial charge on any atom is -0.383 e. The second-order valence-corrected chi connectivity index (χ2v) is 5.10. The molecule has 6 nitrogen and oxygen atoms in total. The minimum absolute atomic E-state index is 0.150. The molecule has 1 aromatic rings. The lowest BCUT2D eigenvalue weighted by Gasteiger charge is -2.20. The molecule has 0 saturated heterocycles. The first kappa shape index (κ1) is 15.5. The number of aromatic nitrogens is 2. The zero-order chi connectivity index (χ0) is 14.4. The van der Waals surface area contributed by atoms with Crippen LogP contribution in [-0.4, -0.2) is 46.8 Å². The summed E-state index contributed by atoms with van der Waals surface area (Å²) in [6, 6.07) is 0.560. The summed E-state index contributed by atoms with van der Waals surface area (Å²) >= 11 is 0. The Balaban J connectivity index is 2.23. The number of aryl methyl sites for hydroxylation is 1. The van der Waals surface area contributed by atoms with E-state index in [2.05, 4.69) is 36.2 Å². The molecule has 0 saturated carbocycles. The highest BCUT2D eigenvalue weighted by molar-refractivity contribution is 5.98. The van der Waals surface area contributed by atoms with Crippen LogP contribution in [0.1, 0.15) is 37.0 Å². The van der Waals surface area contributed by atoms with Gasteiger partial charge in [0, 0.05) is 19.6 Å². The fraction of sp³-hybridized carbons (Fsp3) is 0.692. The van der Waals surface area contributed by atoms with Crippen molar-refractivity contribution in [3.05, 3.63) is 11.8 Å². The standard InChI is InChI=1S/C13H25N5O/c1-10(2)17(3)8-6-5-7-15-13(19)11-9-16-18(4)12(11)14/h9-10H,5-8,14H2,1-4H3,(H,15,19). The molecule has 0 spiro atoms. The first-order valence-corrected chi connectivity index (χ1v) is 6.69. The maximum absolute atomic E-state index is 11.8. The Labute approximate surface area is 114 Å². The van der Waals surface area contributed by atoms with Gasteiger partial charge in [-0.15, -0.1) is 0 Å². The Bertz CT molecular complexity index is 413. The first-order chi connectivity index (χ1) is 8.93. The summed E-state index contributed by atoms with van der Waals surface area (Å²) in [5.74, 6) is 0.250. The number of amides is 1. The van der Waals surface area contributed by atoms with Gasteiger partial charge in [-0.1, -0.05) is 0 Å². The molecule has 0 bridgehead atoms. The van der Waals surface area contributed by atoms with E-state index < -0.39 is 0 Å². The van der Waals surface area contributed by atoms with Crippen molar-refractivity contribution in [1.82, 2.24) is 20.0 Å². The maximum Gasteiger partial charge on any atom is 0.256 e. The lowest BCUT2D eigenvalue weighted by molar-refractivity contribution is 0.0953. The van der Waals surface area contributed by atoms with Gasteiger partial charge in [0.1, 0.15) is 11.4 Å². The van der Waals surface area contributed by atoms with Gasteiger partial charge in [0.05, 0.1) is 6.20 Å². The average molecular weight is 267 g/mol. The van der Waals surface area contributed by atoms with Crippen molar-refractivity contribution in [2.24, 2.45) is 7.05 Å². The molecule has 0 atom stereocenters. The van der Waals surface area contributed by atoms with Gasteiger partial charge in [-0.2, -0.15) is 5.10 Å². The smallest absolute Gasteiger partial charge is 0.256 e. The fourth-order valence-electron chi connectivity index (χ4n) is 1.66. The second-order valence-electron chi connectivity index (χ2n) is 5.10. The van der Waals surface area contributed by atoms with E-state index >= 15 is 0 Å². The van der Waals surface area contributed by atoms with E-state index in [1.807, 2.05) is 0 Å². The van der Waals surface area contributed by atoms with E-state index in [9.17, 15) is 4.79 Å². The third kappa shape index (κ3) is 4.55. The predicted octanol–water partition coefficient (Wildman–Crippen LogP) is 0.853. The number of unbranched alkanes of at least 4 members (excludes halogenated alkanes) is 1. The van der Waals surface area contributed by atoms with E-state index in [4.69, 9.17) is 5.73 Å². The summed E-state index contributed by atoms with van der Waals surface area (Å²) in [6.45, 7) is 6.06. The number of carbonyl (C=O) groups is 1. The number of hydrogen-bond donors (Lipinski definition) is 2. The third-order valence-corrected chi connectivity index (χ3v) is 3.33. The quantitative estimate of drug-likeness (QED) is 0.718. The van der Waals surface area contributed by atoms with Crippen LogP contribution >= 0.6 is 0 Å². The SMILES string of the molecule is CC(C)N(C)CCCCNC(=O)c1cnn(C)c1N. The number of nitrogens with two attached hydrogens (primary N) is 1. The number of carbonyl (C=O) groups excluding carboxylic acids is 1. The Kier molecular flexibility index (Phi) is 5.82. The molecule has 1 heterocycles. The summed E-state index contributed by atoms with van der Waals surface area (Å²) in [4.78, 5) is 14.1. The van der Waals surface area contributed by atoms with Crippen molar-refractivity contribution in [3.8, 4) is 0 Å². The largest absolute Gasteiger partial charge is 0.383 e. The molecule has 108 valence electrons. The average Bonchev–Trinajstić information content (AvgIpc) is 2.69. The molecule has 19 heavy (non-hydrogen) atoms. The number of nitrogens with one attached hydrogen (secondary N) is 1. The van der Waals surface area contributed by atoms with Crippen LogP contribution in [0.4, 0.5) is 5.82 Å². The van der Waals surface area contributed by atoms with Crippen molar-refractivity contribution >= 4 is 11.7 Å². The lowest BCUT2D eigenvalue weighted by Crippen LogP contribution is -2.29. The summed E-state index contributed by atoms with van der Waals surface area (Å²) in [7, 11) is 3.83. The van der Waals surface area contributed by atoms with Crippen molar-refractivity contribution < 1.29 is 4.79 Å². The minimum atomic E-state index is -0.150. The first-order valence-electron chi connectivity index (χ1n) is 6.69. The molecule has 3 N–H and O–H groups in total. The number of nitrogens with zero attached hydrogens (tertiary/aromatic N) is 3. The highest BCUT2D eigenvalue weighted by Crippen LogP contribution is 2.08. The molecule has 6 heteroatoms. The highest BCUT2D eigenvalue weighted by atomic mass is 16.1. The molecule has 0 aliphatic rings. The number of nitrogen functional groups attached to an aromatic ring is 1. The topological polar surface area (TPSA) is 76.2 Å². The molecule has 0 radical (unpaired) electrons. The summed E-state index contributed by atoms with van der Waals surface area (Å²) in [5, 5.41) is 6.81. The molecule has 0 unspecified atom stereocenters. The Morgan fingerprint density at radius 1 is 1.53 bits per heavy atom. The Morgan fingerprint density at radius 2 is 2.21 bits per heavy atom. The summed E-state index contributed by atoms with van der Waals surface area (Å²) in [5.41, 5.74) is 6.19. The van der Waals surface area contributed by atoms with Gasteiger partial charge in [-0.3, -0.25) is 9.48 Å². The molecular formula is C13H25N5O. The molecule has 1 amide bonds. The lowest BCUT2D eigenvalue weighted by atomic mass is 10.2. The van der Waals surface area contributed by atoms with Gasteiger partial charge in [0.25, 0.3) is 5.91 Å². The molecule has 0 aromatic carbocycles. The van der Waals surface area contributed by atoms with Crippen LogP contribution in [0.25, 0.3) is 0 Å². The Morgan fingerprint density at radius 3 is 2.74 bits per heavy atom. The van der Waals surface area contributed by atoms with Gasteiger partial charge < -0.3 is 16.0 Å². The molecule has 0 fully saturated rings. The number of anilines is 1. The van der Waals surface area contributed by atoms with E-state index in [0.29, 0.717) is 24.0 Å². The maximum atomic E-state index is 11.8. The predicted molar refractivity (Wildman–Crippen MR) is 77.0 cm³/mol. The van der Waals surface area contributed by atoms with Crippen molar-refractivity contribution in [2.75, 3.05) is 25.9 Å². The molecule has 1 rings (SSSR count). The molecule has 0 aliphatic heterocycles. The molecule has 1 aromatic heterocycles. The zero-order valence-electron chi connectivity index (χ0n) is 12.3. The summed E-state index contributed by atoms with van der Waals surface area (Å²) in [6.07, 6.45) is 3.53. The van der Waals surface area contributed by atoms with Crippen LogP contribution in [0.15, 0.2) is 6.20 Å². The van der Waals surface area contributed by atoms with Crippen LogP contribution in [0.3, 0.4) is 0 Å². The third-order valence-electron chi connectivity index (χ3n) is 3.33. The monoisotopic (exact) mass is 267 g/mol. The van der Waals surface area contributed by atoms with Crippen LogP contribution < -0.4 is 11.1 Å². The van der Waals surface area contributed by atoms with Gasteiger partial charge in [-0.25, -0.2) is 0 Å². The van der Waals surface area contributed by atoms with Crippen LogP contribution in [-0.2, 0) is 7.05 Å².